The minimum absolute atomic E-state index is 0.168. The molecule has 3 unspecified atom stereocenters. The number of amides is 1. The molecule has 0 saturated heterocycles. The summed E-state index contributed by atoms with van der Waals surface area (Å²) in [6, 6.07) is 0.168. The highest BCUT2D eigenvalue weighted by molar-refractivity contribution is 6.18. The van der Waals surface area contributed by atoms with Crippen LogP contribution < -0.4 is 5.32 Å². The van der Waals surface area contributed by atoms with Gasteiger partial charge < -0.3 is 5.32 Å². The quantitative estimate of drug-likeness (QED) is 0.738. The summed E-state index contributed by atoms with van der Waals surface area (Å²) in [5.74, 6) is 2.52. The fourth-order valence-corrected chi connectivity index (χ4v) is 3.22. The number of carbonyl (C=O) groups is 1. The van der Waals surface area contributed by atoms with E-state index in [1.807, 2.05) is 0 Å². The normalized spacial score (nSPS) is 35.5. The van der Waals surface area contributed by atoms with Crippen molar-refractivity contribution >= 4 is 17.5 Å². The third kappa shape index (κ3) is 2.30. The summed E-state index contributed by atoms with van der Waals surface area (Å²) in [7, 11) is 0. The van der Waals surface area contributed by atoms with Gasteiger partial charge in [0.1, 0.15) is 0 Å². The zero-order chi connectivity index (χ0) is 10.8. The first-order valence-electron chi connectivity index (χ1n) is 6.14. The molecule has 1 amide bonds. The van der Waals surface area contributed by atoms with Crippen LogP contribution in [0.4, 0.5) is 0 Å². The standard InChI is InChI=1S/C12H20ClNO/c1-2-8(7-13)14-12(15)11-9-5-3-4-6-10(9)11/h8-11H,2-7H2,1H3,(H,14,15). The number of halogens is 1. The van der Waals surface area contributed by atoms with Crippen molar-refractivity contribution in [2.45, 2.75) is 45.1 Å². The van der Waals surface area contributed by atoms with Crippen LogP contribution in [-0.4, -0.2) is 17.8 Å². The van der Waals surface area contributed by atoms with Crippen molar-refractivity contribution in [1.29, 1.82) is 0 Å². The van der Waals surface area contributed by atoms with Gasteiger partial charge in [0, 0.05) is 17.8 Å². The van der Waals surface area contributed by atoms with Gasteiger partial charge >= 0.3 is 0 Å². The number of hydrogen-bond donors (Lipinski definition) is 1. The molecule has 2 fully saturated rings. The molecule has 0 aliphatic heterocycles. The number of carbonyl (C=O) groups excluding carboxylic acids is 1. The predicted molar refractivity (Wildman–Crippen MR) is 61.9 cm³/mol. The van der Waals surface area contributed by atoms with E-state index in [4.69, 9.17) is 11.6 Å². The molecule has 3 atom stereocenters. The van der Waals surface area contributed by atoms with Gasteiger partial charge in [0.25, 0.3) is 0 Å². The van der Waals surface area contributed by atoms with Gasteiger partial charge in [-0.25, -0.2) is 0 Å². The second-order valence-corrected chi connectivity index (χ2v) is 5.21. The number of hydrogen-bond acceptors (Lipinski definition) is 1. The molecule has 0 radical (unpaired) electrons. The molecule has 3 heteroatoms. The van der Waals surface area contributed by atoms with Gasteiger partial charge in [-0.3, -0.25) is 4.79 Å². The zero-order valence-electron chi connectivity index (χ0n) is 9.34. The molecular weight excluding hydrogens is 210 g/mol. The van der Waals surface area contributed by atoms with Gasteiger partial charge in [-0.2, -0.15) is 0 Å². The first-order chi connectivity index (χ1) is 7.27. The third-order valence-corrected chi connectivity index (χ3v) is 4.36. The zero-order valence-corrected chi connectivity index (χ0v) is 10.1. The van der Waals surface area contributed by atoms with Crippen LogP contribution in [0.1, 0.15) is 39.0 Å². The van der Waals surface area contributed by atoms with E-state index in [9.17, 15) is 4.79 Å². The van der Waals surface area contributed by atoms with Crippen molar-refractivity contribution in [1.82, 2.24) is 5.32 Å². The largest absolute Gasteiger partial charge is 0.352 e. The minimum atomic E-state index is 0.168. The fraction of sp³-hybridized carbons (Fsp3) is 0.917. The molecule has 2 aliphatic carbocycles. The maximum absolute atomic E-state index is 11.9. The van der Waals surface area contributed by atoms with E-state index in [0.717, 1.165) is 6.42 Å². The number of alkyl halides is 1. The highest BCUT2D eigenvalue weighted by Gasteiger charge is 2.54. The van der Waals surface area contributed by atoms with Crippen LogP contribution in [0.25, 0.3) is 0 Å². The summed E-state index contributed by atoms with van der Waals surface area (Å²) in [5.41, 5.74) is 0. The Labute approximate surface area is 96.8 Å². The Bertz CT molecular complexity index is 228. The summed E-state index contributed by atoms with van der Waals surface area (Å²) in [6.07, 6.45) is 6.09. The minimum Gasteiger partial charge on any atom is -0.352 e. The highest BCUT2D eigenvalue weighted by atomic mass is 35.5. The molecule has 86 valence electrons. The lowest BCUT2D eigenvalue weighted by Gasteiger charge is -2.13. The number of fused-ring (bicyclic) bond motifs is 1. The van der Waals surface area contributed by atoms with Crippen LogP contribution in [-0.2, 0) is 4.79 Å². The van der Waals surface area contributed by atoms with Gasteiger partial charge in [0.05, 0.1) is 0 Å². The predicted octanol–water partition coefficient (Wildman–Crippen LogP) is 2.56. The Hall–Kier alpha value is -0.240. The number of rotatable bonds is 4. The van der Waals surface area contributed by atoms with Crippen LogP contribution >= 0.6 is 11.6 Å². The van der Waals surface area contributed by atoms with Crippen molar-refractivity contribution in [3.63, 3.8) is 0 Å². The van der Waals surface area contributed by atoms with Crippen molar-refractivity contribution < 1.29 is 4.79 Å². The maximum atomic E-state index is 11.9. The molecule has 2 aliphatic rings. The second kappa shape index (κ2) is 4.73. The first kappa shape index (κ1) is 11.3. The van der Waals surface area contributed by atoms with E-state index in [2.05, 4.69) is 12.2 Å². The molecule has 15 heavy (non-hydrogen) atoms. The number of nitrogens with one attached hydrogen (secondary N) is 1. The molecule has 0 heterocycles. The van der Waals surface area contributed by atoms with Crippen molar-refractivity contribution in [3.8, 4) is 0 Å². The Morgan fingerprint density at radius 1 is 1.40 bits per heavy atom. The molecule has 0 aromatic rings. The summed E-state index contributed by atoms with van der Waals surface area (Å²) < 4.78 is 0. The summed E-state index contributed by atoms with van der Waals surface area (Å²) in [6.45, 7) is 2.06. The monoisotopic (exact) mass is 229 g/mol. The Balaban J connectivity index is 1.82. The average Bonchev–Trinajstić information content (AvgIpc) is 2.99. The van der Waals surface area contributed by atoms with Crippen molar-refractivity contribution in [3.05, 3.63) is 0 Å². The third-order valence-electron chi connectivity index (χ3n) is 3.98. The Morgan fingerprint density at radius 2 is 2.00 bits per heavy atom. The van der Waals surface area contributed by atoms with Gasteiger partial charge in [-0.05, 0) is 31.1 Å². The van der Waals surface area contributed by atoms with Gasteiger partial charge in [-0.15, -0.1) is 11.6 Å². The van der Waals surface area contributed by atoms with E-state index in [1.54, 1.807) is 0 Å². The molecule has 1 N–H and O–H groups in total. The molecule has 0 spiro atoms. The van der Waals surface area contributed by atoms with E-state index in [0.29, 0.717) is 23.6 Å². The Morgan fingerprint density at radius 3 is 2.47 bits per heavy atom. The fourth-order valence-electron chi connectivity index (χ4n) is 2.93. The van der Waals surface area contributed by atoms with Gasteiger partial charge in [0.2, 0.25) is 5.91 Å². The van der Waals surface area contributed by atoms with Gasteiger partial charge in [-0.1, -0.05) is 19.8 Å². The van der Waals surface area contributed by atoms with Crippen LogP contribution in [0.3, 0.4) is 0 Å². The lowest BCUT2D eigenvalue weighted by Crippen LogP contribution is -2.37. The molecule has 0 bridgehead atoms. The van der Waals surface area contributed by atoms with Gasteiger partial charge in [0.15, 0.2) is 0 Å². The molecule has 0 aromatic heterocycles. The van der Waals surface area contributed by atoms with E-state index < -0.39 is 0 Å². The van der Waals surface area contributed by atoms with E-state index >= 15 is 0 Å². The SMILES string of the molecule is CCC(CCl)NC(=O)C1C2CCCCC21. The molecular formula is C12H20ClNO. The first-order valence-corrected chi connectivity index (χ1v) is 6.67. The molecule has 2 saturated carbocycles. The van der Waals surface area contributed by atoms with Crippen LogP contribution in [0.2, 0.25) is 0 Å². The van der Waals surface area contributed by atoms with Crippen LogP contribution in [0.15, 0.2) is 0 Å². The summed E-state index contributed by atoms with van der Waals surface area (Å²) in [4.78, 5) is 11.9. The molecule has 2 rings (SSSR count). The van der Waals surface area contributed by atoms with Crippen LogP contribution in [0, 0.1) is 17.8 Å². The molecule has 0 aromatic carbocycles. The second-order valence-electron chi connectivity index (χ2n) is 4.91. The van der Waals surface area contributed by atoms with Crippen molar-refractivity contribution in [2.24, 2.45) is 17.8 Å². The lowest BCUT2D eigenvalue weighted by molar-refractivity contribution is -0.123. The molecule has 2 nitrogen and oxygen atoms in total. The van der Waals surface area contributed by atoms with Crippen LogP contribution in [0.5, 0.6) is 0 Å². The topological polar surface area (TPSA) is 29.1 Å². The Kier molecular flexibility index (Phi) is 3.55. The van der Waals surface area contributed by atoms with E-state index in [-0.39, 0.29) is 11.9 Å². The average molecular weight is 230 g/mol. The summed E-state index contributed by atoms with van der Waals surface area (Å²) in [5, 5.41) is 3.06. The lowest BCUT2D eigenvalue weighted by atomic mass is 10.0. The maximum Gasteiger partial charge on any atom is 0.223 e. The highest BCUT2D eigenvalue weighted by Crippen LogP contribution is 2.55. The van der Waals surface area contributed by atoms with E-state index in [1.165, 1.54) is 25.7 Å². The smallest absolute Gasteiger partial charge is 0.223 e. The van der Waals surface area contributed by atoms with Crippen molar-refractivity contribution in [2.75, 3.05) is 5.88 Å². The summed E-state index contributed by atoms with van der Waals surface area (Å²) >= 11 is 5.78.